The van der Waals surface area contributed by atoms with Crippen molar-refractivity contribution < 1.29 is 19.7 Å². The Hall–Kier alpha value is -3.46. The first-order valence-corrected chi connectivity index (χ1v) is 9.92. The van der Waals surface area contributed by atoms with E-state index in [0.717, 1.165) is 22.2 Å². The van der Waals surface area contributed by atoms with Gasteiger partial charge in [0.1, 0.15) is 18.1 Å². The number of aromatic hydroxyl groups is 1. The van der Waals surface area contributed by atoms with Gasteiger partial charge in [0.2, 0.25) is 0 Å². The molecule has 1 unspecified atom stereocenters. The molecule has 0 bridgehead atoms. The molecule has 3 aromatic carbocycles. The number of rotatable bonds is 8. The second kappa shape index (κ2) is 10.2. The number of carbonyl (C=O) groups is 1. The Morgan fingerprint density at radius 3 is 2.66 bits per heavy atom. The highest BCUT2D eigenvalue weighted by Crippen LogP contribution is 2.28. The summed E-state index contributed by atoms with van der Waals surface area (Å²) in [5.41, 5.74) is 7.89. The minimum absolute atomic E-state index is 0. The number of ether oxygens (including phenoxy) is 1. The number of halogens is 1. The first kappa shape index (κ1) is 23.2. The van der Waals surface area contributed by atoms with E-state index >= 15 is 0 Å². The fraction of sp³-hybridized carbons (Fsp3) is 0.174. The lowest BCUT2D eigenvalue weighted by atomic mass is 10.1. The molecule has 8 nitrogen and oxygen atoms in total. The molecule has 0 fully saturated rings. The molecular formula is C23H25ClN4O4. The molecule has 0 radical (unpaired) electrons. The third-order valence-corrected chi connectivity index (χ3v) is 5.03. The van der Waals surface area contributed by atoms with Gasteiger partial charge in [-0.3, -0.25) is 0 Å². The Bertz CT molecular complexity index is 1230. The molecule has 1 heterocycles. The molecule has 0 saturated carbocycles. The molecule has 0 spiro atoms. The molecule has 168 valence electrons. The Labute approximate surface area is 190 Å². The van der Waals surface area contributed by atoms with Crippen LogP contribution in [0.1, 0.15) is 11.7 Å². The number of nitrogens with two attached hydrogens (primary N) is 1. The maximum Gasteiger partial charge on any atom is 0.316 e. The molecule has 1 atom stereocenters. The highest BCUT2D eigenvalue weighted by atomic mass is 35.5. The molecule has 2 amide bonds. The molecule has 7 N–H and O–H groups in total. The second-order valence-corrected chi connectivity index (χ2v) is 7.21. The Kier molecular flexibility index (Phi) is 7.42. The number of aromatic nitrogens is 1. The van der Waals surface area contributed by atoms with Crippen LogP contribution in [-0.4, -0.2) is 40.9 Å². The van der Waals surface area contributed by atoms with E-state index in [1.54, 1.807) is 6.07 Å². The molecule has 0 saturated heterocycles. The van der Waals surface area contributed by atoms with Gasteiger partial charge in [-0.05, 0) is 35.9 Å². The minimum atomic E-state index is -0.822. The first-order valence-electron chi connectivity index (χ1n) is 9.92. The van der Waals surface area contributed by atoms with Gasteiger partial charge in [0.15, 0.2) is 0 Å². The summed E-state index contributed by atoms with van der Waals surface area (Å²) in [4.78, 5) is 14.4. The number of urea groups is 1. The zero-order valence-corrected chi connectivity index (χ0v) is 18.0. The van der Waals surface area contributed by atoms with Crippen LogP contribution >= 0.6 is 12.4 Å². The molecule has 4 rings (SSSR count). The third kappa shape index (κ3) is 5.23. The molecule has 32 heavy (non-hydrogen) atoms. The van der Waals surface area contributed by atoms with E-state index in [2.05, 4.69) is 21.7 Å². The average Bonchev–Trinajstić information content (AvgIpc) is 3.12. The van der Waals surface area contributed by atoms with E-state index in [1.807, 2.05) is 36.4 Å². The van der Waals surface area contributed by atoms with E-state index < -0.39 is 12.1 Å². The molecule has 9 heteroatoms. The number of anilines is 1. The molecule has 0 aliphatic rings. The van der Waals surface area contributed by atoms with E-state index in [1.165, 1.54) is 17.5 Å². The van der Waals surface area contributed by atoms with Crippen LogP contribution in [0.3, 0.4) is 0 Å². The summed E-state index contributed by atoms with van der Waals surface area (Å²) < 4.78 is 5.82. The van der Waals surface area contributed by atoms with Crippen LogP contribution in [0.15, 0.2) is 60.7 Å². The maximum atomic E-state index is 11.0. The maximum absolute atomic E-state index is 11.0. The number of aliphatic hydroxyl groups is 1. The number of aromatic amines is 1. The Balaban J connectivity index is 0.00000289. The number of primary amides is 1. The Morgan fingerprint density at radius 2 is 1.84 bits per heavy atom. The van der Waals surface area contributed by atoms with E-state index in [9.17, 15) is 15.0 Å². The monoisotopic (exact) mass is 456 g/mol. The van der Waals surface area contributed by atoms with Crippen LogP contribution in [0.5, 0.6) is 11.5 Å². The number of benzene rings is 3. The van der Waals surface area contributed by atoms with Crippen molar-refractivity contribution in [2.24, 2.45) is 5.73 Å². The number of nitrogens with one attached hydrogen (secondary N) is 3. The molecule has 4 aromatic rings. The lowest BCUT2D eigenvalue weighted by Crippen LogP contribution is -2.26. The summed E-state index contributed by atoms with van der Waals surface area (Å²) in [6.07, 6.45) is -0.822. The van der Waals surface area contributed by atoms with Crippen LogP contribution in [0, 0.1) is 0 Å². The van der Waals surface area contributed by atoms with Gasteiger partial charge < -0.3 is 36.3 Å². The van der Waals surface area contributed by atoms with Gasteiger partial charge in [-0.1, -0.05) is 24.3 Å². The normalized spacial score (nSPS) is 11.8. The zero-order chi connectivity index (χ0) is 21.8. The number of phenols is 1. The van der Waals surface area contributed by atoms with Gasteiger partial charge in [-0.15, -0.1) is 12.4 Å². The number of aliphatic hydroxyl groups excluding tert-OH is 1. The van der Waals surface area contributed by atoms with Crippen molar-refractivity contribution in [1.29, 1.82) is 0 Å². The third-order valence-electron chi connectivity index (χ3n) is 5.03. The first-order chi connectivity index (χ1) is 15.0. The smallest absolute Gasteiger partial charge is 0.316 e. The van der Waals surface area contributed by atoms with Gasteiger partial charge in [-0.25, -0.2) is 4.79 Å². The molecular weight excluding hydrogens is 432 g/mol. The number of fused-ring (bicyclic) bond motifs is 3. The molecule has 1 aromatic heterocycles. The van der Waals surface area contributed by atoms with Gasteiger partial charge >= 0.3 is 6.03 Å². The van der Waals surface area contributed by atoms with Crippen molar-refractivity contribution >= 4 is 45.9 Å². The highest BCUT2D eigenvalue weighted by Gasteiger charge is 2.11. The van der Waals surface area contributed by atoms with E-state index in [-0.39, 0.29) is 30.4 Å². The summed E-state index contributed by atoms with van der Waals surface area (Å²) in [5, 5.41) is 27.9. The van der Waals surface area contributed by atoms with Crippen molar-refractivity contribution in [2.75, 3.05) is 25.0 Å². The van der Waals surface area contributed by atoms with E-state index in [0.29, 0.717) is 18.7 Å². The number of hydrogen-bond acceptors (Lipinski definition) is 5. The van der Waals surface area contributed by atoms with Gasteiger partial charge in [0.05, 0.1) is 17.3 Å². The summed E-state index contributed by atoms with van der Waals surface area (Å²) in [6.45, 7) is 1.25. The average molecular weight is 457 g/mol. The lowest BCUT2D eigenvalue weighted by molar-refractivity contribution is 0.172. The van der Waals surface area contributed by atoms with Crippen LogP contribution < -0.4 is 21.1 Å². The number of amides is 2. The van der Waals surface area contributed by atoms with Crippen LogP contribution in [-0.2, 0) is 0 Å². The topological polar surface area (TPSA) is 133 Å². The summed E-state index contributed by atoms with van der Waals surface area (Å²) >= 11 is 0. The van der Waals surface area contributed by atoms with Crippen molar-refractivity contribution in [1.82, 2.24) is 10.3 Å². The zero-order valence-electron chi connectivity index (χ0n) is 17.2. The predicted molar refractivity (Wildman–Crippen MR) is 128 cm³/mol. The predicted octanol–water partition coefficient (Wildman–Crippen LogP) is 3.64. The lowest BCUT2D eigenvalue weighted by Gasteiger charge is -2.14. The van der Waals surface area contributed by atoms with Crippen molar-refractivity contribution in [3.8, 4) is 11.5 Å². The van der Waals surface area contributed by atoms with Crippen LogP contribution in [0.25, 0.3) is 21.8 Å². The van der Waals surface area contributed by atoms with Crippen LogP contribution in [0.2, 0.25) is 0 Å². The Morgan fingerprint density at radius 1 is 1.06 bits per heavy atom. The van der Waals surface area contributed by atoms with Crippen molar-refractivity contribution in [2.45, 2.75) is 6.10 Å². The largest absolute Gasteiger partial charge is 0.506 e. The van der Waals surface area contributed by atoms with Crippen molar-refractivity contribution in [3.05, 3.63) is 66.2 Å². The number of phenolic OH excluding ortho intramolecular Hbond substituents is 1. The van der Waals surface area contributed by atoms with Gasteiger partial charge in [0, 0.05) is 35.4 Å². The fourth-order valence-electron chi connectivity index (χ4n) is 3.51. The van der Waals surface area contributed by atoms with Crippen molar-refractivity contribution in [3.63, 3.8) is 0 Å². The highest BCUT2D eigenvalue weighted by molar-refractivity contribution is 6.07. The fourth-order valence-corrected chi connectivity index (χ4v) is 3.51. The van der Waals surface area contributed by atoms with Gasteiger partial charge in [0.25, 0.3) is 0 Å². The number of carbonyl (C=O) groups excluding carboxylic acids is 1. The number of para-hydroxylation sites is 1. The number of H-pyrrole nitrogens is 1. The van der Waals surface area contributed by atoms with Gasteiger partial charge in [-0.2, -0.15) is 0 Å². The second-order valence-electron chi connectivity index (χ2n) is 7.21. The summed E-state index contributed by atoms with van der Waals surface area (Å²) in [7, 11) is 0. The quantitative estimate of drug-likeness (QED) is 0.178. The summed E-state index contributed by atoms with van der Waals surface area (Å²) in [6, 6.07) is 17.8. The summed E-state index contributed by atoms with van der Waals surface area (Å²) in [5.74, 6) is 0.644. The SMILES string of the molecule is Cl.NC(=O)Nc1cc(C(O)CNCCOc2ccc3c(c2)[nH]c2ccccc23)ccc1O. The van der Waals surface area contributed by atoms with E-state index in [4.69, 9.17) is 10.5 Å². The standard InChI is InChI=1S/C23H24N4O4.ClH/c24-23(30)27-20-11-14(5-8-21(20)28)22(29)13-25-9-10-31-15-6-7-17-16-3-1-2-4-18(16)26-19(17)12-15;/h1-8,11-12,22,25-26,28-29H,9-10,13H2,(H3,24,27,30);1H. The number of hydrogen-bond donors (Lipinski definition) is 6. The molecule has 0 aliphatic heterocycles. The molecule has 0 aliphatic carbocycles. The van der Waals surface area contributed by atoms with Crippen LogP contribution in [0.4, 0.5) is 10.5 Å². The minimum Gasteiger partial charge on any atom is -0.506 e.